The summed E-state index contributed by atoms with van der Waals surface area (Å²) in [5.74, 6) is 0.522. The minimum absolute atomic E-state index is 0.179. The highest BCUT2D eigenvalue weighted by atomic mass is 35.5. The zero-order chi connectivity index (χ0) is 25.1. The van der Waals surface area contributed by atoms with E-state index in [9.17, 15) is 9.59 Å². The largest absolute Gasteiger partial charge is 0.457 e. The Labute approximate surface area is 213 Å². The highest BCUT2D eigenvalue weighted by Crippen LogP contribution is 2.31. The maximum absolute atomic E-state index is 13.3. The molecule has 0 unspecified atom stereocenters. The standard InChI is InChI=1S/C28H23ClN4O3/c1-33-25-15-19(20-10-12-26(29)31-17-20)8-7-18(25)9-11-23(28(33)35)32-27(34)24-16-22(13-14-30-24)36-21-5-3-2-4-6-21/h2-8,10,12-17,23H,9,11H2,1H3,(H,32,34)/t23-/m0/s1. The third-order valence-electron chi connectivity index (χ3n) is 6.09. The quantitative estimate of drug-likeness (QED) is 0.377. The highest BCUT2D eigenvalue weighted by Gasteiger charge is 2.30. The topological polar surface area (TPSA) is 84.4 Å². The Morgan fingerprint density at radius 3 is 2.58 bits per heavy atom. The van der Waals surface area contributed by atoms with Crippen LogP contribution in [-0.2, 0) is 11.2 Å². The molecule has 1 aliphatic heterocycles. The molecule has 2 aromatic carbocycles. The van der Waals surface area contributed by atoms with E-state index in [0.717, 1.165) is 22.4 Å². The zero-order valence-corrected chi connectivity index (χ0v) is 20.3. The summed E-state index contributed by atoms with van der Waals surface area (Å²) in [5, 5.41) is 3.28. The number of anilines is 1. The van der Waals surface area contributed by atoms with Crippen molar-refractivity contribution in [3.8, 4) is 22.6 Å². The Morgan fingerprint density at radius 2 is 1.81 bits per heavy atom. The number of pyridine rings is 2. The summed E-state index contributed by atoms with van der Waals surface area (Å²) < 4.78 is 5.81. The molecule has 0 spiro atoms. The van der Waals surface area contributed by atoms with Crippen LogP contribution in [0, 0.1) is 0 Å². The minimum Gasteiger partial charge on any atom is -0.457 e. The number of hydrogen-bond donors (Lipinski definition) is 1. The molecule has 0 fully saturated rings. The van der Waals surface area contributed by atoms with Crippen LogP contribution in [0.4, 0.5) is 5.69 Å². The van der Waals surface area contributed by atoms with E-state index >= 15 is 0 Å². The van der Waals surface area contributed by atoms with Crippen LogP contribution in [0.1, 0.15) is 22.5 Å². The Kier molecular flexibility index (Phi) is 6.64. The van der Waals surface area contributed by atoms with Gasteiger partial charge >= 0.3 is 0 Å². The number of ether oxygens (including phenoxy) is 1. The number of aromatic nitrogens is 2. The van der Waals surface area contributed by atoms with Crippen LogP contribution in [0.15, 0.2) is 85.2 Å². The van der Waals surface area contributed by atoms with Crippen LogP contribution in [0.2, 0.25) is 5.15 Å². The number of carbonyl (C=O) groups is 2. The van der Waals surface area contributed by atoms with Gasteiger partial charge in [0.05, 0.1) is 0 Å². The average molecular weight is 499 g/mol. The molecule has 0 saturated heterocycles. The van der Waals surface area contributed by atoms with Crippen molar-refractivity contribution in [2.24, 2.45) is 0 Å². The zero-order valence-electron chi connectivity index (χ0n) is 19.5. The van der Waals surface area contributed by atoms with Crippen LogP contribution in [0.3, 0.4) is 0 Å². The van der Waals surface area contributed by atoms with Crippen molar-refractivity contribution >= 4 is 29.1 Å². The number of para-hydroxylation sites is 1. The molecule has 2 aromatic heterocycles. The van der Waals surface area contributed by atoms with Gasteiger partial charge in [-0.2, -0.15) is 0 Å². The van der Waals surface area contributed by atoms with Gasteiger partial charge in [0, 0.05) is 36.8 Å². The molecule has 1 aliphatic rings. The number of nitrogens with one attached hydrogen (secondary N) is 1. The first kappa shape index (κ1) is 23.5. The summed E-state index contributed by atoms with van der Waals surface area (Å²) >= 11 is 5.92. The van der Waals surface area contributed by atoms with Crippen LogP contribution in [-0.4, -0.2) is 34.9 Å². The molecular weight excluding hydrogens is 476 g/mol. The van der Waals surface area contributed by atoms with Gasteiger partial charge in [0.1, 0.15) is 28.4 Å². The van der Waals surface area contributed by atoms with Gasteiger partial charge in [0.2, 0.25) is 5.91 Å². The average Bonchev–Trinajstić information content (AvgIpc) is 3.02. The molecular formula is C28H23ClN4O3. The van der Waals surface area contributed by atoms with E-state index in [2.05, 4.69) is 15.3 Å². The summed E-state index contributed by atoms with van der Waals surface area (Å²) in [6, 6.07) is 21.4. The normalized spacial score (nSPS) is 15.1. The number of carbonyl (C=O) groups excluding carboxylic acids is 2. The molecule has 0 radical (unpaired) electrons. The van der Waals surface area contributed by atoms with Gasteiger partial charge in [-0.25, -0.2) is 4.98 Å². The van der Waals surface area contributed by atoms with E-state index in [1.165, 1.54) is 6.20 Å². The Balaban J connectivity index is 1.32. The van der Waals surface area contributed by atoms with Crippen molar-refractivity contribution in [1.82, 2.24) is 15.3 Å². The Hall–Kier alpha value is -4.23. The van der Waals surface area contributed by atoms with E-state index in [4.69, 9.17) is 16.3 Å². The summed E-state index contributed by atoms with van der Waals surface area (Å²) in [6.45, 7) is 0. The van der Waals surface area contributed by atoms with Gasteiger partial charge < -0.3 is 15.0 Å². The van der Waals surface area contributed by atoms with E-state index < -0.39 is 11.9 Å². The van der Waals surface area contributed by atoms with Crippen molar-refractivity contribution in [2.45, 2.75) is 18.9 Å². The second kappa shape index (κ2) is 10.2. The predicted molar refractivity (Wildman–Crippen MR) is 138 cm³/mol. The molecule has 180 valence electrons. The highest BCUT2D eigenvalue weighted by molar-refractivity contribution is 6.29. The predicted octanol–water partition coefficient (Wildman–Crippen LogP) is 5.30. The SMILES string of the molecule is CN1C(=O)[C@@H](NC(=O)c2cc(Oc3ccccc3)ccn2)CCc2ccc(-c3ccc(Cl)nc3)cc21. The first-order chi connectivity index (χ1) is 17.5. The van der Waals surface area contributed by atoms with Gasteiger partial charge in [0.25, 0.3) is 5.91 Å². The van der Waals surface area contributed by atoms with Crippen LogP contribution in [0.25, 0.3) is 11.1 Å². The molecule has 5 rings (SSSR count). The maximum atomic E-state index is 13.3. The molecule has 1 atom stereocenters. The lowest BCUT2D eigenvalue weighted by molar-refractivity contribution is -0.120. The van der Waals surface area contributed by atoms with Crippen molar-refractivity contribution in [2.75, 3.05) is 11.9 Å². The molecule has 36 heavy (non-hydrogen) atoms. The molecule has 7 nitrogen and oxygen atoms in total. The summed E-state index contributed by atoms with van der Waals surface area (Å²) in [5.41, 5.74) is 3.85. The van der Waals surface area contributed by atoms with Crippen molar-refractivity contribution in [3.63, 3.8) is 0 Å². The number of hydrogen-bond acceptors (Lipinski definition) is 5. The number of rotatable bonds is 5. The monoisotopic (exact) mass is 498 g/mol. The van der Waals surface area contributed by atoms with Crippen LogP contribution in [0.5, 0.6) is 11.5 Å². The lowest BCUT2D eigenvalue weighted by atomic mass is 10.0. The minimum atomic E-state index is -0.684. The summed E-state index contributed by atoms with van der Waals surface area (Å²) in [7, 11) is 1.72. The van der Waals surface area contributed by atoms with E-state index in [0.29, 0.717) is 29.5 Å². The first-order valence-electron chi connectivity index (χ1n) is 11.5. The van der Waals surface area contributed by atoms with Crippen molar-refractivity contribution < 1.29 is 14.3 Å². The van der Waals surface area contributed by atoms with Crippen LogP contribution >= 0.6 is 11.6 Å². The summed E-state index contributed by atoms with van der Waals surface area (Å²) in [6.07, 6.45) is 4.33. The molecule has 8 heteroatoms. The third kappa shape index (κ3) is 5.06. The smallest absolute Gasteiger partial charge is 0.270 e. The van der Waals surface area contributed by atoms with Gasteiger partial charge in [0.15, 0.2) is 0 Å². The molecule has 3 heterocycles. The van der Waals surface area contributed by atoms with E-state index in [-0.39, 0.29) is 11.6 Å². The fourth-order valence-electron chi connectivity index (χ4n) is 4.18. The molecule has 0 aliphatic carbocycles. The number of aryl methyl sites for hydroxylation is 1. The molecule has 4 aromatic rings. The van der Waals surface area contributed by atoms with Gasteiger partial charge in [-0.05, 0) is 60.4 Å². The molecule has 1 N–H and O–H groups in total. The third-order valence-corrected chi connectivity index (χ3v) is 6.31. The van der Waals surface area contributed by atoms with E-state index in [1.54, 1.807) is 36.3 Å². The van der Waals surface area contributed by atoms with Crippen LogP contribution < -0.4 is 15.0 Å². The molecule has 0 bridgehead atoms. The van der Waals surface area contributed by atoms with Crippen molar-refractivity contribution in [3.05, 3.63) is 102 Å². The number of halogens is 1. The number of benzene rings is 2. The molecule has 0 saturated carbocycles. The Bertz CT molecular complexity index is 1410. The molecule has 2 amide bonds. The van der Waals surface area contributed by atoms with Gasteiger partial charge in [-0.3, -0.25) is 14.6 Å². The van der Waals surface area contributed by atoms with E-state index in [1.807, 2.05) is 54.6 Å². The van der Waals surface area contributed by atoms with Gasteiger partial charge in [-0.1, -0.05) is 41.9 Å². The first-order valence-corrected chi connectivity index (χ1v) is 11.9. The fraction of sp³-hybridized carbons (Fsp3) is 0.143. The number of likely N-dealkylation sites (N-methyl/N-ethyl adjacent to an activating group) is 1. The lowest BCUT2D eigenvalue weighted by Gasteiger charge is -2.22. The Morgan fingerprint density at radius 1 is 1.00 bits per heavy atom. The lowest BCUT2D eigenvalue weighted by Crippen LogP contribution is -2.46. The maximum Gasteiger partial charge on any atom is 0.270 e. The number of amides is 2. The second-order valence-electron chi connectivity index (χ2n) is 8.47. The van der Waals surface area contributed by atoms with Gasteiger partial charge in [-0.15, -0.1) is 0 Å². The number of nitrogens with zero attached hydrogens (tertiary/aromatic N) is 3. The number of fused-ring (bicyclic) bond motifs is 1. The summed E-state index contributed by atoms with van der Waals surface area (Å²) in [4.78, 5) is 36.2. The fourth-order valence-corrected chi connectivity index (χ4v) is 4.29. The van der Waals surface area contributed by atoms with Crippen molar-refractivity contribution in [1.29, 1.82) is 0 Å². The second-order valence-corrected chi connectivity index (χ2v) is 8.85.